The highest BCUT2D eigenvalue weighted by atomic mass is 35.5. The molecular formula is C21H12Cl2F2N4O5. The zero-order valence-electron chi connectivity index (χ0n) is 16.8. The number of nitrogens with two attached hydrogens (primary N) is 1. The maximum absolute atomic E-state index is 13.5. The molecular weight excluding hydrogens is 497 g/mol. The van der Waals surface area contributed by atoms with Crippen LogP contribution in [0.5, 0.6) is 11.5 Å². The fourth-order valence-corrected chi connectivity index (χ4v) is 3.60. The number of rotatable bonds is 6. The molecule has 0 aliphatic heterocycles. The standard InChI is InChI=1S/C21H12Cl2F2N4O5/c22-13-6-11(29-20(19(26)31)27-34-21(29)32)7-14(23)18(13)33-12-2-4-17(30)28(9-12)8-10-1-3-15(24)16(25)5-10/h1-7,9H,8H2,(H2,26,31). The van der Waals surface area contributed by atoms with Crippen LogP contribution in [0, 0.1) is 11.6 Å². The molecule has 0 radical (unpaired) electrons. The van der Waals surface area contributed by atoms with E-state index in [4.69, 9.17) is 33.7 Å². The number of pyridine rings is 1. The number of primary amides is 1. The van der Waals surface area contributed by atoms with Gasteiger partial charge in [-0.1, -0.05) is 29.3 Å². The summed E-state index contributed by atoms with van der Waals surface area (Å²) in [7, 11) is 0. The summed E-state index contributed by atoms with van der Waals surface area (Å²) in [5, 5.41) is 3.21. The number of hydrogen-bond donors (Lipinski definition) is 1. The summed E-state index contributed by atoms with van der Waals surface area (Å²) in [5.74, 6) is -4.37. The number of halogens is 4. The molecule has 2 aromatic carbocycles. The minimum atomic E-state index is -1.04. The highest BCUT2D eigenvalue weighted by Gasteiger charge is 2.20. The van der Waals surface area contributed by atoms with Crippen LogP contribution in [0.3, 0.4) is 0 Å². The summed E-state index contributed by atoms with van der Waals surface area (Å²) >= 11 is 12.6. The van der Waals surface area contributed by atoms with Gasteiger partial charge in [-0.3, -0.25) is 14.1 Å². The summed E-state index contributed by atoms with van der Waals surface area (Å²) in [6, 6.07) is 8.39. The first kappa shape index (κ1) is 23.2. The molecule has 0 saturated heterocycles. The van der Waals surface area contributed by atoms with E-state index in [0.717, 1.165) is 16.7 Å². The molecule has 13 heteroatoms. The fraction of sp³-hybridized carbons (Fsp3) is 0.0476. The molecule has 0 aliphatic rings. The molecule has 2 aromatic heterocycles. The van der Waals surface area contributed by atoms with Gasteiger partial charge in [0.05, 0.1) is 28.5 Å². The zero-order chi connectivity index (χ0) is 24.6. The van der Waals surface area contributed by atoms with E-state index >= 15 is 0 Å². The number of nitrogens with zero attached hydrogens (tertiary/aromatic N) is 3. The summed E-state index contributed by atoms with van der Waals surface area (Å²) in [6.07, 6.45) is 1.33. The van der Waals surface area contributed by atoms with Gasteiger partial charge in [-0.15, -0.1) is 0 Å². The Labute approximate surface area is 198 Å². The zero-order valence-corrected chi connectivity index (χ0v) is 18.3. The molecule has 0 unspecified atom stereocenters. The van der Waals surface area contributed by atoms with Crippen LogP contribution in [0.4, 0.5) is 8.78 Å². The molecule has 4 aromatic rings. The minimum Gasteiger partial charge on any atom is -0.453 e. The highest BCUT2D eigenvalue weighted by Crippen LogP contribution is 2.38. The molecule has 0 spiro atoms. The molecule has 1 amide bonds. The van der Waals surface area contributed by atoms with Gasteiger partial charge in [0.25, 0.3) is 11.5 Å². The minimum absolute atomic E-state index is 0.0183. The lowest BCUT2D eigenvalue weighted by Gasteiger charge is -2.13. The van der Waals surface area contributed by atoms with E-state index in [9.17, 15) is 23.2 Å². The fourth-order valence-electron chi connectivity index (χ4n) is 3.05. The third-order valence-electron chi connectivity index (χ3n) is 4.58. The van der Waals surface area contributed by atoms with Gasteiger partial charge >= 0.3 is 5.76 Å². The van der Waals surface area contributed by atoms with Crippen molar-refractivity contribution in [3.8, 4) is 17.2 Å². The van der Waals surface area contributed by atoms with Crippen LogP contribution >= 0.6 is 23.2 Å². The van der Waals surface area contributed by atoms with Crippen molar-refractivity contribution in [3.05, 3.63) is 103 Å². The third kappa shape index (κ3) is 4.56. The summed E-state index contributed by atoms with van der Waals surface area (Å²) in [4.78, 5) is 35.6. The van der Waals surface area contributed by atoms with Crippen LogP contribution in [-0.2, 0) is 6.54 Å². The van der Waals surface area contributed by atoms with E-state index in [1.165, 1.54) is 41.1 Å². The van der Waals surface area contributed by atoms with Crippen LogP contribution in [0.2, 0.25) is 10.0 Å². The molecule has 0 saturated carbocycles. The maximum Gasteiger partial charge on any atom is 0.446 e. The normalized spacial score (nSPS) is 10.9. The molecule has 0 atom stereocenters. The Bertz CT molecular complexity index is 1520. The van der Waals surface area contributed by atoms with Gasteiger partial charge in [-0.25, -0.2) is 18.1 Å². The molecule has 0 bridgehead atoms. The van der Waals surface area contributed by atoms with Crippen LogP contribution in [0.1, 0.15) is 16.2 Å². The van der Waals surface area contributed by atoms with Crippen molar-refractivity contribution in [1.29, 1.82) is 0 Å². The number of hydrogen-bond acceptors (Lipinski definition) is 6. The third-order valence-corrected chi connectivity index (χ3v) is 5.14. The Hall–Kier alpha value is -3.96. The summed E-state index contributed by atoms with van der Waals surface area (Å²) < 4.78 is 38.8. The quantitative estimate of drug-likeness (QED) is 0.425. The highest BCUT2D eigenvalue weighted by molar-refractivity contribution is 6.37. The summed E-state index contributed by atoms with van der Waals surface area (Å²) in [6.45, 7) is -0.0556. The maximum atomic E-state index is 13.5. The van der Waals surface area contributed by atoms with Gasteiger partial charge in [0.1, 0.15) is 5.75 Å². The lowest BCUT2D eigenvalue weighted by Crippen LogP contribution is -2.22. The Morgan fingerprint density at radius 2 is 1.76 bits per heavy atom. The Morgan fingerprint density at radius 3 is 2.41 bits per heavy atom. The monoisotopic (exact) mass is 508 g/mol. The van der Waals surface area contributed by atoms with Crippen LogP contribution in [0.25, 0.3) is 5.69 Å². The molecule has 2 N–H and O–H groups in total. The average Bonchev–Trinajstić information content (AvgIpc) is 3.17. The van der Waals surface area contributed by atoms with Crippen molar-refractivity contribution < 1.29 is 22.8 Å². The smallest absolute Gasteiger partial charge is 0.446 e. The van der Waals surface area contributed by atoms with Crippen molar-refractivity contribution in [3.63, 3.8) is 0 Å². The van der Waals surface area contributed by atoms with Crippen molar-refractivity contribution in [1.82, 2.24) is 14.3 Å². The summed E-state index contributed by atoms with van der Waals surface area (Å²) in [5.41, 5.74) is 5.17. The topological polar surface area (TPSA) is 122 Å². The van der Waals surface area contributed by atoms with E-state index in [0.29, 0.717) is 5.56 Å². The second kappa shape index (κ2) is 9.12. The molecule has 4 rings (SSSR count). The lowest BCUT2D eigenvalue weighted by molar-refractivity contribution is 0.0985. The number of ether oxygens (including phenoxy) is 1. The number of amides is 1. The van der Waals surface area contributed by atoms with Gasteiger partial charge < -0.3 is 15.0 Å². The molecule has 174 valence electrons. The van der Waals surface area contributed by atoms with Crippen molar-refractivity contribution in [2.24, 2.45) is 5.73 Å². The van der Waals surface area contributed by atoms with Crippen molar-refractivity contribution >= 4 is 29.1 Å². The SMILES string of the molecule is NC(=O)c1noc(=O)n1-c1cc(Cl)c(Oc2ccc(=O)n(Cc3ccc(F)c(F)c3)c2)c(Cl)c1. The Balaban J connectivity index is 1.66. The van der Waals surface area contributed by atoms with E-state index in [1.807, 2.05) is 0 Å². The lowest BCUT2D eigenvalue weighted by atomic mass is 10.2. The number of benzene rings is 2. The van der Waals surface area contributed by atoms with Crippen LogP contribution in [0.15, 0.2) is 62.8 Å². The van der Waals surface area contributed by atoms with E-state index in [2.05, 4.69) is 9.68 Å². The van der Waals surface area contributed by atoms with Gasteiger partial charge in [0.15, 0.2) is 17.4 Å². The van der Waals surface area contributed by atoms with Crippen molar-refractivity contribution in [2.75, 3.05) is 0 Å². The molecule has 0 aliphatic carbocycles. The average molecular weight is 509 g/mol. The predicted octanol–water partition coefficient (Wildman–Crippen LogP) is 3.51. The first-order valence-electron chi connectivity index (χ1n) is 9.34. The van der Waals surface area contributed by atoms with E-state index in [1.54, 1.807) is 0 Å². The Morgan fingerprint density at radius 1 is 1.06 bits per heavy atom. The molecule has 34 heavy (non-hydrogen) atoms. The van der Waals surface area contributed by atoms with Gasteiger partial charge in [-0.2, -0.15) is 0 Å². The Kier molecular flexibility index (Phi) is 6.22. The largest absolute Gasteiger partial charge is 0.453 e. The number of carbonyl (C=O) groups excluding carboxylic acids is 1. The second-order valence-electron chi connectivity index (χ2n) is 6.89. The van der Waals surface area contributed by atoms with E-state index < -0.39 is 34.7 Å². The molecule has 0 fully saturated rings. The number of aromatic nitrogens is 3. The van der Waals surface area contributed by atoms with Gasteiger partial charge in [0, 0.05) is 6.07 Å². The van der Waals surface area contributed by atoms with Crippen LogP contribution in [-0.4, -0.2) is 20.2 Å². The van der Waals surface area contributed by atoms with Crippen LogP contribution < -0.4 is 21.8 Å². The molecule has 9 nitrogen and oxygen atoms in total. The predicted molar refractivity (Wildman–Crippen MR) is 117 cm³/mol. The first-order valence-corrected chi connectivity index (χ1v) is 10.1. The van der Waals surface area contributed by atoms with E-state index in [-0.39, 0.29) is 33.8 Å². The number of carbonyl (C=O) groups is 1. The second-order valence-corrected chi connectivity index (χ2v) is 7.71. The first-order chi connectivity index (χ1) is 16.1. The molecule has 2 heterocycles. The van der Waals surface area contributed by atoms with Gasteiger partial charge in [0.2, 0.25) is 5.82 Å². The van der Waals surface area contributed by atoms with Crippen molar-refractivity contribution in [2.45, 2.75) is 6.54 Å². The van der Waals surface area contributed by atoms with Gasteiger partial charge in [-0.05, 0) is 41.1 Å².